The monoisotopic (exact) mass is 857 g/mol. The van der Waals surface area contributed by atoms with E-state index in [1.807, 2.05) is 0 Å². The molecule has 2 atom stereocenters. The summed E-state index contributed by atoms with van der Waals surface area (Å²) >= 11 is 6.51. The molecule has 0 spiro atoms. The number of anilines is 1. The fraction of sp³-hybridized carbons (Fsp3) is 0.394. The minimum absolute atomic E-state index is 0. The van der Waals surface area contributed by atoms with Gasteiger partial charge in [0.15, 0.2) is 15.7 Å². The largest absolute Gasteiger partial charge is 0.322 e. The Morgan fingerprint density at radius 1 is 0.963 bits per heavy atom. The van der Waals surface area contributed by atoms with Crippen molar-refractivity contribution in [3.63, 3.8) is 0 Å². The van der Waals surface area contributed by atoms with Crippen molar-refractivity contribution in [1.82, 2.24) is 14.8 Å². The van der Waals surface area contributed by atoms with Gasteiger partial charge in [0.05, 0.1) is 40.2 Å². The van der Waals surface area contributed by atoms with Crippen molar-refractivity contribution < 1.29 is 47.2 Å². The molecule has 0 bridgehead atoms. The van der Waals surface area contributed by atoms with E-state index in [-0.39, 0.29) is 66.7 Å². The molecule has 2 heterocycles. The van der Waals surface area contributed by atoms with Crippen molar-refractivity contribution in [2.24, 2.45) is 5.73 Å². The zero-order chi connectivity index (χ0) is 39.6. The molecule has 1 aliphatic carbocycles. The number of rotatable bonds is 10. The summed E-state index contributed by atoms with van der Waals surface area (Å²) in [7, 11) is -13.2. The predicted octanol–water partition coefficient (Wildman–Crippen LogP) is 5.82. The second-order valence-electron chi connectivity index (χ2n) is 13.2. The number of hydrogen-bond acceptors (Lipinski definition) is 9. The van der Waals surface area contributed by atoms with Gasteiger partial charge in [0.2, 0.25) is 20.0 Å². The van der Waals surface area contributed by atoms with Crippen LogP contribution in [0.2, 0.25) is 5.02 Å². The summed E-state index contributed by atoms with van der Waals surface area (Å²) in [6, 6.07) is 3.99. The van der Waals surface area contributed by atoms with Crippen LogP contribution in [0.15, 0.2) is 30.3 Å². The molecule has 0 aliphatic heterocycles. The zero-order valence-corrected chi connectivity index (χ0v) is 33.2. The molecule has 0 saturated carbocycles. The number of halogens is 7. The number of nitrogens with two attached hydrogens (primary N) is 1. The lowest BCUT2D eigenvalue weighted by atomic mass is 9.89. The number of fused-ring (bicyclic) bond motifs is 2. The van der Waals surface area contributed by atoms with Gasteiger partial charge in [-0.15, -0.1) is 21.2 Å². The lowest BCUT2D eigenvalue weighted by Crippen LogP contribution is -2.35. The molecule has 1 aliphatic rings. The average molecular weight is 859 g/mol. The molecule has 0 fully saturated rings. The second kappa shape index (κ2) is 15.2. The van der Waals surface area contributed by atoms with E-state index in [4.69, 9.17) is 22.3 Å². The first-order chi connectivity index (χ1) is 24.3. The summed E-state index contributed by atoms with van der Waals surface area (Å²) in [6.07, 6.45) is -4.08. The van der Waals surface area contributed by atoms with Crippen LogP contribution in [0.3, 0.4) is 0 Å². The Morgan fingerprint density at radius 2 is 1.54 bits per heavy atom. The van der Waals surface area contributed by atoms with E-state index >= 15 is 4.39 Å². The standard InChI is InChI=1S/C33H33ClF5N5O6S3.ClH/c1-33(2,51(3,45)46)12-11-25-20-7-6-8-21(20)26(28(41-25)24(40)15-17-13-18(35)16-19(36)14-17)22-9-10-23(34)27-29(22)43(31(39)30(37)38)42-32(27)44(52(4,47)48)53(5,49)50;/h9-10,13-14,16,24,30-31H,6-8,15,40H2,1-5H3;1H/t24-,31?;/m1./s1. The molecular weight excluding hydrogens is 824 g/mol. The maximum absolute atomic E-state index is 15.6. The molecule has 2 aromatic carbocycles. The maximum Gasteiger partial charge on any atom is 0.289 e. The predicted molar refractivity (Wildman–Crippen MR) is 198 cm³/mol. The zero-order valence-electron chi connectivity index (χ0n) is 29.2. The van der Waals surface area contributed by atoms with E-state index < -0.39 is 81.7 Å². The van der Waals surface area contributed by atoms with E-state index in [0.717, 1.165) is 18.4 Å². The van der Waals surface area contributed by atoms with E-state index in [9.17, 15) is 42.8 Å². The Labute approximate surface area is 320 Å². The van der Waals surface area contributed by atoms with Crippen LogP contribution in [0, 0.1) is 23.5 Å². The minimum atomic E-state index is -4.75. The van der Waals surface area contributed by atoms with Gasteiger partial charge < -0.3 is 5.73 Å². The highest BCUT2D eigenvalue weighted by Gasteiger charge is 2.38. The molecule has 2 N–H and O–H groups in total. The molecular formula is C33H34Cl2F5N5O6S3. The summed E-state index contributed by atoms with van der Waals surface area (Å²) < 4.78 is 147. The molecule has 0 radical (unpaired) electrons. The van der Waals surface area contributed by atoms with Crippen molar-refractivity contribution in [3.05, 3.63) is 75.1 Å². The van der Waals surface area contributed by atoms with Crippen molar-refractivity contribution in [2.45, 2.75) is 63.0 Å². The van der Waals surface area contributed by atoms with E-state index in [1.54, 1.807) is 0 Å². The number of hydrogen-bond donors (Lipinski definition) is 1. The van der Waals surface area contributed by atoms with Crippen LogP contribution in [0.4, 0.5) is 27.8 Å². The van der Waals surface area contributed by atoms with Crippen molar-refractivity contribution >= 4 is 70.6 Å². The molecule has 4 aromatic rings. The fourth-order valence-corrected chi connectivity index (χ4v) is 9.45. The average Bonchev–Trinajstić information content (AvgIpc) is 3.63. The third kappa shape index (κ3) is 8.33. The molecule has 11 nitrogen and oxygen atoms in total. The third-order valence-corrected chi connectivity index (χ3v) is 14.1. The van der Waals surface area contributed by atoms with Crippen LogP contribution in [-0.4, -0.2) is 70.0 Å². The van der Waals surface area contributed by atoms with Crippen LogP contribution in [0.1, 0.15) is 60.7 Å². The van der Waals surface area contributed by atoms with Gasteiger partial charge in [0, 0.05) is 23.4 Å². The SMILES string of the molecule is CC(C)(C#Cc1nc([C@H](N)Cc2cc(F)cc(F)c2)c(-c2ccc(Cl)c3c(N(S(C)(=O)=O)S(C)(=O)=O)nn(C(F)C(F)F)c23)c2c1CCC2)S(C)(=O)=O.Cl. The molecule has 294 valence electrons. The van der Waals surface area contributed by atoms with Crippen molar-refractivity contribution in [2.75, 3.05) is 22.5 Å². The number of pyridine rings is 1. The highest BCUT2D eigenvalue weighted by atomic mass is 35.5. The van der Waals surface area contributed by atoms with Gasteiger partial charge in [-0.25, -0.2) is 56.9 Å². The normalized spacial score (nSPS) is 14.7. The minimum Gasteiger partial charge on any atom is -0.322 e. The highest BCUT2D eigenvalue weighted by molar-refractivity contribution is 8.09. The fourth-order valence-electron chi connectivity index (χ4n) is 6.13. The molecule has 54 heavy (non-hydrogen) atoms. The molecule has 0 amide bonds. The van der Waals surface area contributed by atoms with E-state index in [2.05, 4.69) is 16.9 Å². The molecule has 1 unspecified atom stereocenters. The number of aromatic nitrogens is 3. The third-order valence-electron chi connectivity index (χ3n) is 8.70. The Morgan fingerprint density at radius 3 is 2.07 bits per heavy atom. The number of sulfonamides is 2. The summed E-state index contributed by atoms with van der Waals surface area (Å²) in [5, 5.41) is 2.89. The van der Waals surface area contributed by atoms with E-state index in [1.165, 1.54) is 26.0 Å². The first-order valence-electron chi connectivity index (χ1n) is 15.7. The summed E-state index contributed by atoms with van der Waals surface area (Å²) in [6.45, 7) is 2.79. The van der Waals surface area contributed by atoms with Gasteiger partial charge in [-0.05, 0) is 80.3 Å². The quantitative estimate of drug-likeness (QED) is 0.153. The second-order valence-corrected chi connectivity index (χ2v) is 20.0. The van der Waals surface area contributed by atoms with Crippen LogP contribution in [0.25, 0.3) is 22.0 Å². The van der Waals surface area contributed by atoms with Crippen LogP contribution < -0.4 is 9.44 Å². The molecule has 0 saturated heterocycles. The van der Waals surface area contributed by atoms with Gasteiger partial charge in [-0.2, -0.15) is 0 Å². The lowest BCUT2D eigenvalue weighted by Gasteiger charge is -2.22. The van der Waals surface area contributed by atoms with E-state index in [0.29, 0.717) is 42.5 Å². The lowest BCUT2D eigenvalue weighted by molar-refractivity contribution is 0.00365. The van der Waals surface area contributed by atoms with Crippen molar-refractivity contribution in [1.29, 1.82) is 0 Å². The van der Waals surface area contributed by atoms with Gasteiger partial charge >= 0.3 is 0 Å². The summed E-state index contributed by atoms with van der Waals surface area (Å²) in [5.74, 6) is 2.79. The van der Waals surface area contributed by atoms with Gasteiger partial charge in [0.25, 0.3) is 12.7 Å². The summed E-state index contributed by atoms with van der Waals surface area (Å²) in [4.78, 5) is 4.72. The molecule has 5 rings (SSSR count). The topological polar surface area (TPSA) is 162 Å². The van der Waals surface area contributed by atoms with Gasteiger partial charge in [0.1, 0.15) is 22.1 Å². The smallest absolute Gasteiger partial charge is 0.289 e. The Bertz CT molecular complexity index is 2510. The first-order valence-corrected chi connectivity index (χ1v) is 21.6. The van der Waals surface area contributed by atoms with Crippen LogP contribution in [0.5, 0.6) is 0 Å². The molecule has 2 aromatic heterocycles. The van der Waals surface area contributed by atoms with Gasteiger partial charge in [-0.1, -0.05) is 23.6 Å². The summed E-state index contributed by atoms with van der Waals surface area (Å²) in [5.41, 5.74) is 7.36. The highest BCUT2D eigenvalue weighted by Crippen LogP contribution is 2.46. The first kappa shape index (κ1) is 43.2. The van der Waals surface area contributed by atoms with Crippen LogP contribution in [-0.2, 0) is 49.1 Å². The Balaban J connectivity index is 0.00000650. The Hall–Kier alpha value is -3.54. The van der Waals surface area contributed by atoms with Crippen molar-refractivity contribution in [3.8, 4) is 23.0 Å². The number of nitrogens with zero attached hydrogens (tertiary/aromatic N) is 4. The van der Waals surface area contributed by atoms with Gasteiger partial charge in [-0.3, -0.25) is 0 Å². The molecule has 21 heteroatoms. The maximum atomic E-state index is 15.6. The number of alkyl halides is 3. The number of sulfone groups is 1. The Kier molecular flexibility index (Phi) is 12.1. The van der Waals surface area contributed by atoms with Crippen LogP contribution >= 0.6 is 24.0 Å². The number of benzene rings is 2.